The van der Waals surface area contributed by atoms with Gasteiger partial charge in [0.1, 0.15) is 5.75 Å². The highest BCUT2D eigenvalue weighted by Gasteiger charge is 2.39. The number of fused-ring (bicyclic) bond motifs is 3. The van der Waals surface area contributed by atoms with Gasteiger partial charge in [-0.25, -0.2) is 0 Å². The van der Waals surface area contributed by atoms with E-state index in [1.165, 1.54) is 11.1 Å². The third-order valence-electron chi connectivity index (χ3n) is 4.49. The normalized spacial score (nSPS) is 22.2. The number of halogens is 1. The van der Waals surface area contributed by atoms with E-state index in [-0.39, 0.29) is 12.3 Å². The van der Waals surface area contributed by atoms with Crippen molar-refractivity contribution in [1.82, 2.24) is 5.01 Å². The Kier molecular flexibility index (Phi) is 3.85. The molecule has 0 aromatic heterocycles. The standard InChI is InChI=1S/C19H19BrN2O/c1-2-5-19-22-17(15-6-3-4-7-18(15)23-19)12-16(21-22)13-8-10-14(20)11-9-13/h3-4,6-11,17,19H,2,5,12H2,1H3. The summed E-state index contributed by atoms with van der Waals surface area (Å²) in [5, 5.41) is 7.09. The summed E-state index contributed by atoms with van der Waals surface area (Å²) in [6.07, 6.45) is 3.04. The third kappa shape index (κ3) is 2.65. The molecule has 3 nitrogen and oxygen atoms in total. The van der Waals surface area contributed by atoms with Crippen molar-refractivity contribution in [2.24, 2.45) is 5.10 Å². The molecular formula is C19H19BrN2O. The maximum absolute atomic E-state index is 6.20. The van der Waals surface area contributed by atoms with Crippen molar-refractivity contribution in [1.29, 1.82) is 0 Å². The molecule has 4 heteroatoms. The van der Waals surface area contributed by atoms with Crippen LogP contribution in [0.25, 0.3) is 0 Å². The van der Waals surface area contributed by atoms with Crippen LogP contribution in [0.3, 0.4) is 0 Å². The molecule has 0 radical (unpaired) electrons. The number of benzene rings is 2. The Balaban J connectivity index is 1.71. The maximum atomic E-state index is 6.20. The molecule has 0 N–H and O–H groups in total. The summed E-state index contributed by atoms with van der Waals surface area (Å²) in [6.45, 7) is 2.19. The molecule has 0 amide bonds. The van der Waals surface area contributed by atoms with Gasteiger partial charge in [0.15, 0.2) is 6.23 Å². The summed E-state index contributed by atoms with van der Waals surface area (Å²) < 4.78 is 7.29. The molecule has 2 aromatic rings. The van der Waals surface area contributed by atoms with Gasteiger partial charge in [-0.3, -0.25) is 5.01 Å². The van der Waals surface area contributed by atoms with Crippen molar-refractivity contribution in [2.75, 3.05) is 0 Å². The molecule has 0 fully saturated rings. The van der Waals surface area contributed by atoms with E-state index in [0.717, 1.165) is 35.2 Å². The van der Waals surface area contributed by atoms with Gasteiger partial charge in [0, 0.05) is 22.9 Å². The van der Waals surface area contributed by atoms with Gasteiger partial charge in [0.25, 0.3) is 0 Å². The molecule has 4 rings (SSSR count). The number of hydrogen-bond donors (Lipinski definition) is 0. The Hall–Kier alpha value is -1.81. The van der Waals surface area contributed by atoms with Crippen LogP contribution in [0.4, 0.5) is 0 Å². The van der Waals surface area contributed by atoms with Crippen molar-refractivity contribution in [2.45, 2.75) is 38.5 Å². The average molecular weight is 371 g/mol. The first-order chi connectivity index (χ1) is 11.3. The van der Waals surface area contributed by atoms with Crippen molar-refractivity contribution < 1.29 is 4.74 Å². The molecule has 2 aliphatic rings. The van der Waals surface area contributed by atoms with E-state index in [1.54, 1.807) is 0 Å². The fourth-order valence-corrected chi connectivity index (χ4v) is 3.63. The molecule has 0 spiro atoms. The summed E-state index contributed by atoms with van der Waals surface area (Å²) in [6, 6.07) is 17.1. The molecule has 2 aromatic carbocycles. The number of ether oxygens (including phenoxy) is 1. The second kappa shape index (κ2) is 6.00. The first kappa shape index (κ1) is 14.8. The van der Waals surface area contributed by atoms with Crippen LogP contribution in [0.15, 0.2) is 58.1 Å². The quantitative estimate of drug-likeness (QED) is 0.748. The molecule has 118 valence electrons. The Bertz CT molecular complexity index is 741. The van der Waals surface area contributed by atoms with Gasteiger partial charge in [-0.05, 0) is 23.8 Å². The molecule has 2 heterocycles. The Morgan fingerprint density at radius 1 is 1.17 bits per heavy atom. The Labute approximate surface area is 145 Å². The highest BCUT2D eigenvalue weighted by atomic mass is 79.9. The largest absolute Gasteiger partial charge is 0.469 e. The summed E-state index contributed by atoms with van der Waals surface area (Å²) in [5.74, 6) is 1.01. The molecule has 2 unspecified atom stereocenters. The van der Waals surface area contributed by atoms with Crippen LogP contribution in [0.5, 0.6) is 5.75 Å². The SMILES string of the molecule is CCCC1Oc2ccccc2C2CC(c3ccc(Br)cc3)=NN12. The number of nitrogens with zero attached hydrogens (tertiary/aromatic N) is 2. The molecule has 0 aliphatic carbocycles. The van der Waals surface area contributed by atoms with E-state index >= 15 is 0 Å². The Morgan fingerprint density at radius 3 is 2.74 bits per heavy atom. The fraction of sp³-hybridized carbons (Fsp3) is 0.316. The van der Waals surface area contributed by atoms with E-state index in [2.05, 4.69) is 70.3 Å². The van der Waals surface area contributed by atoms with E-state index < -0.39 is 0 Å². The van der Waals surface area contributed by atoms with Crippen molar-refractivity contribution in [3.05, 3.63) is 64.1 Å². The predicted octanol–water partition coefficient (Wildman–Crippen LogP) is 5.12. The van der Waals surface area contributed by atoms with Gasteiger partial charge in [-0.2, -0.15) is 5.10 Å². The minimum Gasteiger partial charge on any atom is -0.469 e. The lowest BCUT2D eigenvalue weighted by molar-refractivity contribution is -0.0223. The molecular weight excluding hydrogens is 352 g/mol. The third-order valence-corrected chi connectivity index (χ3v) is 5.02. The minimum atomic E-state index is 0.0350. The summed E-state index contributed by atoms with van der Waals surface area (Å²) in [4.78, 5) is 0. The summed E-state index contributed by atoms with van der Waals surface area (Å²) >= 11 is 3.50. The van der Waals surface area contributed by atoms with Gasteiger partial charge in [0.05, 0.1) is 11.8 Å². The second-order valence-corrected chi connectivity index (χ2v) is 6.97. The zero-order valence-corrected chi connectivity index (χ0v) is 14.7. The first-order valence-electron chi connectivity index (χ1n) is 8.13. The highest BCUT2D eigenvalue weighted by Crippen LogP contribution is 2.43. The number of hydrazone groups is 1. The van der Waals surface area contributed by atoms with Gasteiger partial charge < -0.3 is 4.74 Å². The van der Waals surface area contributed by atoms with E-state index in [9.17, 15) is 0 Å². The highest BCUT2D eigenvalue weighted by molar-refractivity contribution is 9.10. The summed E-state index contributed by atoms with van der Waals surface area (Å²) in [7, 11) is 0. The van der Waals surface area contributed by atoms with Gasteiger partial charge in [0.2, 0.25) is 0 Å². The van der Waals surface area contributed by atoms with Crippen LogP contribution in [-0.2, 0) is 0 Å². The monoisotopic (exact) mass is 370 g/mol. The lowest BCUT2D eigenvalue weighted by Gasteiger charge is -2.38. The molecule has 0 saturated carbocycles. The van der Waals surface area contributed by atoms with Crippen LogP contribution in [0.2, 0.25) is 0 Å². The number of rotatable bonds is 3. The number of hydrogen-bond acceptors (Lipinski definition) is 3. The van der Waals surface area contributed by atoms with Crippen LogP contribution in [0, 0.1) is 0 Å². The average Bonchev–Trinajstić information content (AvgIpc) is 3.02. The zero-order valence-electron chi connectivity index (χ0n) is 13.1. The molecule has 23 heavy (non-hydrogen) atoms. The fourth-order valence-electron chi connectivity index (χ4n) is 3.36. The molecule has 2 aliphatic heterocycles. The lowest BCUT2D eigenvalue weighted by Crippen LogP contribution is -2.40. The minimum absolute atomic E-state index is 0.0350. The van der Waals surface area contributed by atoms with Crippen LogP contribution >= 0.6 is 15.9 Å². The van der Waals surface area contributed by atoms with Gasteiger partial charge in [-0.15, -0.1) is 0 Å². The van der Waals surface area contributed by atoms with Crippen LogP contribution in [0.1, 0.15) is 43.4 Å². The Morgan fingerprint density at radius 2 is 1.96 bits per heavy atom. The first-order valence-corrected chi connectivity index (χ1v) is 8.93. The summed E-state index contributed by atoms with van der Waals surface area (Å²) in [5.41, 5.74) is 3.58. The van der Waals surface area contributed by atoms with Gasteiger partial charge in [-0.1, -0.05) is 59.6 Å². The van der Waals surface area contributed by atoms with Crippen LogP contribution in [-0.4, -0.2) is 16.9 Å². The molecule has 0 bridgehead atoms. The zero-order chi connectivity index (χ0) is 15.8. The molecule has 2 atom stereocenters. The van der Waals surface area contributed by atoms with E-state index in [4.69, 9.17) is 9.84 Å². The molecule has 0 saturated heterocycles. The van der Waals surface area contributed by atoms with Crippen molar-refractivity contribution in [3.8, 4) is 5.75 Å². The van der Waals surface area contributed by atoms with Crippen LogP contribution < -0.4 is 4.74 Å². The van der Waals surface area contributed by atoms with Gasteiger partial charge >= 0.3 is 0 Å². The predicted molar refractivity (Wildman–Crippen MR) is 95.6 cm³/mol. The van der Waals surface area contributed by atoms with Crippen molar-refractivity contribution in [3.63, 3.8) is 0 Å². The second-order valence-electron chi connectivity index (χ2n) is 6.05. The van der Waals surface area contributed by atoms with E-state index in [0.29, 0.717) is 0 Å². The number of para-hydroxylation sites is 1. The topological polar surface area (TPSA) is 24.8 Å². The van der Waals surface area contributed by atoms with E-state index in [1.807, 2.05) is 6.07 Å². The smallest absolute Gasteiger partial charge is 0.187 e. The maximum Gasteiger partial charge on any atom is 0.187 e. The lowest BCUT2D eigenvalue weighted by atomic mass is 9.96. The van der Waals surface area contributed by atoms with Crippen molar-refractivity contribution >= 4 is 21.6 Å².